The number of rotatable bonds is 6. The number of Topliss-reactive ketones (excluding diaryl/α,β-unsaturated/α-hetero) is 1. The molecule has 0 spiro atoms. The first kappa shape index (κ1) is 14.5. The lowest BCUT2D eigenvalue weighted by Gasteiger charge is -2.07. The van der Waals surface area contributed by atoms with E-state index in [0.717, 1.165) is 6.42 Å². The van der Waals surface area contributed by atoms with Gasteiger partial charge in [-0.25, -0.2) is 0 Å². The molecule has 0 N–H and O–H groups in total. The largest absolute Gasteiger partial charge is 0.494 e. The zero-order chi connectivity index (χ0) is 13.6. The first-order chi connectivity index (χ1) is 8.42. The molecular weight excluding hydrogens is 245 g/mol. The Labute approximate surface area is 104 Å². The minimum atomic E-state index is -4.30. The Bertz CT molecular complexity index is 399. The predicted molar refractivity (Wildman–Crippen MR) is 61.8 cm³/mol. The van der Waals surface area contributed by atoms with Gasteiger partial charge < -0.3 is 4.74 Å². The molecule has 0 aromatic heterocycles. The molecule has 100 valence electrons. The van der Waals surface area contributed by atoms with Gasteiger partial charge in [0, 0.05) is 12.0 Å². The summed E-state index contributed by atoms with van der Waals surface area (Å²) in [5.41, 5.74) is 0.257. The number of carbonyl (C=O) groups is 1. The normalized spacial score (nSPS) is 11.3. The molecule has 1 aromatic carbocycles. The Hall–Kier alpha value is -1.52. The van der Waals surface area contributed by atoms with E-state index in [1.54, 1.807) is 12.1 Å². The number of benzene rings is 1. The molecule has 5 heteroatoms. The molecule has 1 aromatic rings. The van der Waals surface area contributed by atoms with Crippen LogP contribution in [0.2, 0.25) is 0 Å². The highest BCUT2D eigenvalue weighted by atomic mass is 19.4. The van der Waals surface area contributed by atoms with Crippen molar-refractivity contribution in [2.24, 2.45) is 0 Å². The molecule has 0 unspecified atom stereocenters. The van der Waals surface area contributed by atoms with Gasteiger partial charge in [-0.15, -0.1) is 0 Å². The van der Waals surface area contributed by atoms with E-state index in [4.69, 9.17) is 4.74 Å². The summed E-state index contributed by atoms with van der Waals surface area (Å²) in [5, 5.41) is 0. The van der Waals surface area contributed by atoms with E-state index in [0.29, 0.717) is 12.4 Å². The molecule has 0 aliphatic carbocycles. The van der Waals surface area contributed by atoms with E-state index in [1.807, 2.05) is 6.92 Å². The lowest BCUT2D eigenvalue weighted by molar-refractivity contribution is -0.133. The maximum absolute atomic E-state index is 12.0. The molecule has 0 fully saturated rings. The fourth-order valence-electron chi connectivity index (χ4n) is 1.38. The molecule has 0 heterocycles. The fourth-order valence-corrected chi connectivity index (χ4v) is 1.38. The van der Waals surface area contributed by atoms with Crippen molar-refractivity contribution in [1.82, 2.24) is 0 Å². The molecule has 0 atom stereocenters. The van der Waals surface area contributed by atoms with Crippen LogP contribution < -0.4 is 4.74 Å². The van der Waals surface area contributed by atoms with Crippen molar-refractivity contribution in [2.45, 2.75) is 32.4 Å². The molecule has 0 aliphatic heterocycles. The number of ketones is 1. The molecule has 0 saturated carbocycles. The Morgan fingerprint density at radius 1 is 1.33 bits per heavy atom. The number of halogens is 3. The SMILES string of the molecule is CCCOc1cccc(C(=O)CCC(F)(F)F)c1. The molecular formula is C13H15F3O2. The molecule has 0 amide bonds. The monoisotopic (exact) mass is 260 g/mol. The van der Waals surface area contributed by atoms with Crippen molar-refractivity contribution >= 4 is 5.78 Å². The van der Waals surface area contributed by atoms with Crippen molar-refractivity contribution in [1.29, 1.82) is 0 Å². The molecule has 1 rings (SSSR count). The van der Waals surface area contributed by atoms with Crippen LogP contribution in [0, 0.1) is 0 Å². The van der Waals surface area contributed by atoms with E-state index in [9.17, 15) is 18.0 Å². The van der Waals surface area contributed by atoms with Crippen LogP contribution in [-0.2, 0) is 0 Å². The fraction of sp³-hybridized carbons (Fsp3) is 0.462. The van der Waals surface area contributed by atoms with E-state index in [-0.39, 0.29) is 5.56 Å². The quantitative estimate of drug-likeness (QED) is 0.722. The van der Waals surface area contributed by atoms with Gasteiger partial charge in [0.25, 0.3) is 0 Å². The maximum Gasteiger partial charge on any atom is 0.389 e. The highest BCUT2D eigenvalue weighted by Gasteiger charge is 2.28. The summed E-state index contributed by atoms with van der Waals surface area (Å²) >= 11 is 0. The van der Waals surface area contributed by atoms with Gasteiger partial charge in [0.1, 0.15) is 5.75 Å². The van der Waals surface area contributed by atoms with Crippen molar-refractivity contribution < 1.29 is 22.7 Å². The van der Waals surface area contributed by atoms with Crippen LogP contribution >= 0.6 is 0 Å². The summed E-state index contributed by atoms with van der Waals surface area (Å²) in [6, 6.07) is 6.26. The van der Waals surface area contributed by atoms with Crippen LogP contribution in [0.4, 0.5) is 13.2 Å². The van der Waals surface area contributed by atoms with E-state index < -0.39 is 24.8 Å². The summed E-state index contributed by atoms with van der Waals surface area (Å²) in [6.07, 6.45) is -5.09. The number of carbonyl (C=O) groups excluding carboxylic acids is 1. The summed E-state index contributed by atoms with van der Waals surface area (Å²) in [4.78, 5) is 11.6. The van der Waals surface area contributed by atoms with E-state index in [2.05, 4.69) is 0 Å². The summed E-state index contributed by atoms with van der Waals surface area (Å²) < 4.78 is 41.3. The van der Waals surface area contributed by atoms with Crippen molar-refractivity contribution in [2.75, 3.05) is 6.61 Å². The van der Waals surface area contributed by atoms with Gasteiger partial charge in [-0.05, 0) is 18.6 Å². The molecule has 18 heavy (non-hydrogen) atoms. The van der Waals surface area contributed by atoms with Crippen molar-refractivity contribution in [3.63, 3.8) is 0 Å². The lowest BCUT2D eigenvalue weighted by atomic mass is 10.1. The number of hydrogen-bond donors (Lipinski definition) is 0. The second-order valence-electron chi connectivity index (χ2n) is 3.91. The zero-order valence-electron chi connectivity index (χ0n) is 10.1. The van der Waals surface area contributed by atoms with Gasteiger partial charge >= 0.3 is 6.18 Å². The smallest absolute Gasteiger partial charge is 0.389 e. The van der Waals surface area contributed by atoms with Crippen LogP contribution in [0.25, 0.3) is 0 Å². The highest BCUT2D eigenvalue weighted by molar-refractivity contribution is 5.96. The van der Waals surface area contributed by atoms with Crippen molar-refractivity contribution in [3.8, 4) is 5.75 Å². The van der Waals surface area contributed by atoms with Gasteiger partial charge in [-0.3, -0.25) is 4.79 Å². The van der Waals surface area contributed by atoms with Crippen LogP contribution in [0.1, 0.15) is 36.5 Å². The minimum absolute atomic E-state index is 0.257. The summed E-state index contributed by atoms with van der Waals surface area (Å²) in [6.45, 7) is 2.46. The lowest BCUT2D eigenvalue weighted by Crippen LogP contribution is -2.11. The first-order valence-corrected chi connectivity index (χ1v) is 5.75. The van der Waals surface area contributed by atoms with Crippen LogP contribution in [0.15, 0.2) is 24.3 Å². The second kappa shape index (κ2) is 6.42. The minimum Gasteiger partial charge on any atom is -0.494 e. The van der Waals surface area contributed by atoms with Gasteiger partial charge in [-0.2, -0.15) is 13.2 Å². The summed E-state index contributed by atoms with van der Waals surface area (Å²) in [7, 11) is 0. The molecule has 0 saturated heterocycles. The van der Waals surface area contributed by atoms with Gasteiger partial charge in [-0.1, -0.05) is 19.1 Å². The third kappa shape index (κ3) is 5.21. The second-order valence-corrected chi connectivity index (χ2v) is 3.91. The zero-order valence-corrected chi connectivity index (χ0v) is 10.1. The van der Waals surface area contributed by atoms with Crippen LogP contribution in [0.5, 0.6) is 5.75 Å². The average molecular weight is 260 g/mol. The van der Waals surface area contributed by atoms with E-state index in [1.165, 1.54) is 12.1 Å². The van der Waals surface area contributed by atoms with Crippen LogP contribution in [-0.4, -0.2) is 18.6 Å². The Morgan fingerprint density at radius 3 is 2.67 bits per heavy atom. The van der Waals surface area contributed by atoms with E-state index >= 15 is 0 Å². The third-order valence-corrected chi connectivity index (χ3v) is 2.26. The highest BCUT2D eigenvalue weighted by Crippen LogP contribution is 2.23. The Kier molecular flexibility index (Phi) is 5.19. The third-order valence-electron chi connectivity index (χ3n) is 2.26. The maximum atomic E-state index is 12.0. The molecule has 0 bridgehead atoms. The van der Waals surface area contributed by atoms with Crippen LogP contribution in [0.3, 0.4) is 0 Å². The molecule has 0 aliphatic rings. The van der Waals surface area contributed by atoms with Gasteiger partial charge in [0.2, 0.25) is 0 Å². The van der Waals surface area contributed by atoms with Gasteiger partial charge in [0.05, 0.1) is 13.0 Å². The predicted octanol–water partition coefficient (Wildman–Crippen LogP) is 4.00. The molecule has 2 nitrogen and oxygen atoms in total. The Balaban J connectivity index is 2.62. The van der Waals surface area contributed by atoms with Gasteiger partial charge in [0.15, 0.2) is 5.78 Å². The molecule has 0 radical (unpaired) electrons. The van der Waals surface area contributed by atoms with Crippen molar-refractivity contribution in [3.05, 3.63) is 29.8 Å². The Morgan fingerprint density at radius 2 is 2.06 bits per heavy atom. The standard InChI is InChI=1S/C13H15F3O2/c1-2-8-18-11-5-3-4-10(9-11)12(17)6-7-13(14,15)16/h3-5,9H,2,6-8H2,1H3. The number of alkyl halides is 3. The average Bonchev–Trinajstić information content (AvgIpc) is 2.33. The topological polar surface area (TPSA) is 26.3 Å². The number of ether oxygens (including phenoxy) is 1. The first-order valence-electron chi connectivity index (χ1n) is 5.75. The summed E-state index contributed by atoms with van der Waals surface area (Å²) in [5.74, 6) is -0.0102. The number of hydrogen-bond acceptors (Lipinski definition) is 2.